The van der Waals surface area contributed by atoms with Gasteiger partial charge in [-0.25, -0.2) is 4.39 Å². The van der Waals surface area contributed by atoms with Crippen LogP contribution in [0.3, 0.4) is 0 Å². The van der Waals surface area contributed by atoms with Gasteiger partial charge in [0.1, 0.15) is 18.8 Å². The van der Waals surface area contributed by atoms with Crippen LogP contribution in [0.15, 0.2) is 0 Å². The Morgan fingerprint density at radius 1 is 1.50 bits per heavy atom. The first-order valence-electron chi connectivity index (χ1n) is 3.94. The molecule has 5 N–H and O–H groups in total. The number of hydrogen-bond acceptors (Lipinski definition) is 4. The summed E-state index contributed by atoms with van der Waals surface area (Å²) in [6.45, 7) is -1.08. The summed E-state index contributed by atoms with van der Waals surface area (Å²) >= 11 is 0. The van der Waals surface area contributed by atoms with Gasteiger partial charge < -0.3 is 21.3 Å². The molecule has 0 fully saturated rings. The molecule has 0 aliphatic heterocycles. The minimum absolute atomic E-state index is 0.259. The normalized spacial score (nSPS) is 14.7. The van der Waals surface area contributed by atoms with Gasteiger partial charge in [-0.15, -0.1) is 0 Å². The third-order valence-electron chi connectivity index (χ3n) is 1.50. The van der Waals surface area contributed by atoms with Crippen LogP contribution in [0, 0.1) is 0 Å². The second-order valence-electron chi connectivity index (χ2n) is 2.63. The van der Waals surface area contributed by atoms with Gasteiger partial charge in [0.25, 0.3) is 0 Å². The van der Waals surface area contributed by atoms with Gasteiger partial charge in [-0.1, -0.05) is 0 Å². The van der Waals surface area contributed by atoms with Gasteiger partial charge in [-0.05, 0) is 0 Å². The fraction of sp³-hybridized carbons (Fsp3) is 0.714. The first-order valence-corrected chi connectivity index (χ1v) is 3.94. The topological polar surface area (TPSA) is 116 Å². The Labute approximate surface area is 80.0 Å². The highest BCUT2D eigenvalue weighted by molar-refractivity contribution is 5.80. The summed E-state index contributed by atoms with van der Waals surface area (Å²) in [6.07, 6.45) is -1.41. The lowest BCUT2D eigenvalue weighted by Gasteiger charge is -2.15. The molecule has 14 heavy (non-hydrogen) atoms. The minimum atomic E-state index is -1.26. The van der Waals surface area contributed by atoms with Crippen LogP contribution >= 0.6 is 0 Å². The molecule has 0 spiro atoms. The van der Waals surface area contributed by atoms with Crippen LogP contribution in [0.4, 0.5) is 4.39 Å². The number of carbonyl (C=O) groups excluding carboxylic acids is 1. The number of ether oxygens (including phenoxy) is 1. The van der Waals surface area contributed by atoms with E-state index in [1.807, 2.05) is 0 Å². The van der Waals surface area contributed by atoms with Crippen LogP contribution in [-0.4, -0.2) is 42.4 Å². The zero-order chi connectivity index (χ0) is 11.1. The van der Waals surface area contributed by atoms with Crippen molar-refractivity contribution in [1.82, 2.24) is 0 Å². The Hall–Kier alpha value is -1.21. The van der Waals surface area contributed by atoms with E-state index in [2.05, 4.69) is 4.74 Å². The van der Waals surface area contributed by atoms with E-state index in [0.717, 1.165) is 0 Å². The summed E-state index contributed by atoms with van der Waals surface area (Å²) < 4.78 is 16.4. The molecular formula is C7H13FN2O4. The van der Waals surface area contributed by atoms with E-state index in [0.29, 0.717) is 0 Å². The summed E-state index contributed by atoms with van der Waals surface area (Å²) in [7, 11) is 0. The summed E-state index contributed by atoms with van der Waals surface area (Å²) in [5, 5.41) is 8.43. The number of halogens is 1. The highest BCUT2D eigenvalue weighted by Crippen LogP contribution is 2.01. The lowest BCUT2D eigenvalue weighted by molar-refractivity contribution is -0.140. The molecule has 0 rings (SSSR count). The van der Waals surface area contributed by atoms with Gasteiger partial charge in [0.2, 0.25) is 5.91 Å². The molecule has 0 radical (unpaired) electrons. The van der Waals surface area contributed by atoms with Crippen molar-refractivity contribution in [1.29, 1.82) is 0 Å². The molecule has 0 aliphatic rings. The fourth-order valence-electron chi connectivity index (χ4n) is 0.785. The molecule has 6 nitrogen and oxygen atoms in total. The molecule has 0 bridgehead atoms. The average Bonchev–Trinajstić information content (AvgIpc) is 2.10. The van der Waals surface area contributed by atoms with Crippen LogP contribution in [0.2, 0.25) is 0 Å². The van der Waals surface area contributed by atoms with Crippen molar-refractivity contribution in [2.24, 2.45) is 11.5 Å². The Bertz CT molecular complexity index is 212. The third kappa shape index (κ3) is 4.73. The maximum absolute atomic E-state index is 11.7. The largest absolute Gasteiger partial charge is 0.480 e. The molecular weight excluding hydrogens is 195 g/mol. The maximum atomic E-state index is 11.7. The SMILES string of the molecule is NC(=O)C(CC(N)C(=O)O)OCCF. The lowest BCUT2D eigenvalue weighted by Crippen LogP contribution is -2.41. The van der Waals surface area contributed by atoms with Crippen LogP contribution in [0.1, 0.15) is 6.42 Å². The Morgan fingerprint density at radius 3 is 2.43 bits per heavy atom. The van der Waals surface area contributed by atoms with E-state index in [9.17, 15) is 14.0 Å². The van der Waals surface area contributed by atoms with E-state index in [4.69, 9.17) is 16.6 Å². The van der Waals surface area contributed by atoms with E-state index in [1.54, 1.807) is 0 Å². The van der Waals surface area contributed by atoms with E-state index < -0.39 is 30.7 Å². The lowest BCUT2D eigenvalue weighted by atomic mass is 10.1. The standard InChI is InChI=1S/C7H13FN2O4/c8-1-2-14-5(6(10)11)3-4(9)7(12)13/h4-5H,1-3,9H2,(H2,10,11)(H,12,13). The molecule has 0 aromatic rings. The highest BCUT2D eigenvalue weighted by Gasteiger charge is 2.23. The minimum Gasteiger partial charge on any atom is -0.480 e. The average molecular weight is 208 g/mol. The molecule has 1 amide bonds. The predicted octanol–water partition coefficient (Wildman–Crippen LogP) is -1.37. The van der Waals surface area contributed by atoms with Crippen molar-refractivity contribution in [3.05, 3.63) is 0 Å². The van der Waals surface area contributed by atoms with E-state index >= 15 is 0 Å². The van der Waals surface area contributed by atoms with E-state index in [1.165, 1.54) is 0 Å². The number of rotatable bonds is 7. The molecule has 2 atom stereocenters. The van der Waals surface area contributed by atoms with Crippen LogP contribution in [0.5, 0.6) is 0 Å². The first-order chi connectivity index (χ1) is 6.49. The quantitative estimate of drug-likeness (QED) is 0.477. The van der Waals surface area contributed by atoms with Crippen LogP contribution in [0.25, 0.3) is 0 Å². The smallest absolute Gasteiger partial charge is 0.320 e. The monoisotopic (exact) mass is 208 g/mol. The van der Waals surface area contributed by atoms with Crippen molar-refractivity contribution in [3.8, 4) is 0 Å². The van der Waals surface area contributed by atoms with Crippen molar-refractivity contribution in [2.45, 2.75) is 18.6 Å². The number of aliphatic carboxylic acids is 1. The van der Waals surface area contributed by atoms with Crippen molar-refractivity contribution in [3.63, 3.8) is 0 Å². The number of hydrogen-bond donors (Lipinski definition) is 3. The fourth-order valence-corrected chi connectivity index (χ4v) is 0.785. The molecule has 0 saturated carbocycles. The molecule has 0 aromatic carbocycles. The maximum Gasteiger partial charge on any atom is 0.320 e. The highest BCUT2D eigenvalue weighted by atomic mass is 19.1. The number of alkyl halides is 1. The number of nitrogens with two attached hydrogens (primary N) is 2. The van der Waals surface area contributed by atoms with Crippen molar-refractivity contribution in [2.75, 3.05) is 13.3 Å². The zero-order valence-corrected chi connectivity index (χ0v) is 7.48. The Morgan fingerprint density at radius 2 is 2.07 bits per heavy atom. The number of amides is 1. The molecule has 0 aromatic heterocycles. The number of primary amides is 1. The molecule has 0 saturated heterocycles. The van der Waals surface area contributed by atoms with Gasteiger partial charge in [-0.2, -0.15) is 0 Å². The van der Waals surface area contributed by atoms with E-state index in [-0.39, 0.29) is 13.0 Å². The zero-order valence-electron chi connectivity index (χ0n) is 7.48. The van der Waals surface area contributed by atoms with Crippen LogP contribution in [-0.2, 0) is 14.3 Å². The molecule has 82 valence electrons. The van der Waals surface area contributed by atoms with Crippen LogP contribution < -0.4 is 11.5 Å². The van der Waals surface area contributed by atoms with Gasteiger partial charge in [0.05, 0.1) is 6.61 Å². The predicted molar refractivity (Wildman–Crippen MR) is 45.1 cm³/mol. The van der Waals surface area contributed by atoms with Crippen molar-refractivity contribution >= 4 is 11.9 Å². The Balaban J connectivity index is 4.08. The van der Waals surface area contributed by atoms with Crippen molar-refractivity contribution < 1.29 is 23.8 Å². The number of carbonyl (C=O) groups is 2. The van der Waals surface area contributed by atoms with Gasteiger partial charge in [-0.3, -0.25) is 9.59 Å². The molecule has 7 heteroatoms. The van der Waals surface area contributed by atoms with Gasteiger partial charge in [0.15, 0.2) is 0 Å². The molecule has 2 unspecified atom stereocenters. The summed E-state index contributed by atoms with van der Waals surface area (Å²) in [5.41, 5.74) is 10.0. The Kier molecular flexibility index (Phi) is 5.73. The first kappa shape index (κ1) is 12.8. The number of carboxylic acids is 1. The third-order valence-corrected chi connectivity index (χ3v) is 1.50. The second-order valence-corrected chi connectivity index (χ2v) is 2.63. The summed E-state index contributed by atoms with van der Waals surface area (Å²) in [5.74, 6) is -2.12. The number of carboxylic acid groups (broad SMARTS) is 1. The molecule has 0 aliphatic carbocycles. The second kappa shape index (κ2) is 6.28. The molecule has 0 heterocycles. The summed E-state index contributed by atoms with van der Waals surface area (Å²) in [4.78, 5) is 21.0. The van der Waals surface area contributed by atoms with Gasteiger partial charge >= 0.3 is 5.97 Å². The summed E-state index contributed by atoms with van der Waals surface area (Å²) in [6, 6.07) is -1.24. The van der Waals surface area contributed by atoms with Gasteiger partial charge in [0, 0.05) is 6.42 Å².